The summed E-state index contributed by atoms with van der Waals surface area (Å²) in [4.78, 5) is 43.5. The summed E-state index contributed by atoms with van der Waals surface area (Å²) in [6.45, 7) is 1.66. The van der Waals surface area contributed by atoms with Crippen LogP contribution in [0, 0.1) is 0 Å². The van der Waals surface area contributed by atoms with E-state index < -0.39 is 11.9 Å². The molecule has 2 aromatic rings. The molecule has 7 nitrogen and oxygen atoms in total. The predicted molar refractivity (Wildman–Crippen MR) is 101 cm³/mol. The summed E-state index contributed by atoms with van der Waals surface area (Å²) >= 11 is 2.79. The number of aryl methyl sites for hydroxylation is 2. The third kappa shape index (κ3) is 3.64. The first-order chi connectivity index (χ1) is 12.6. The smallest absolute Gasteiger partial charge is 0.325 e. The van der Waals surface area contributed by atoms with Crippen LogP contribution in [0.2, 0.25) is 0 Å². The Morgan fingerprint density at radius 1 is 1.31 bits per heavy atom. The highest BCUT2D eigenvalue weighted by molar-refractivity contribution is 7.98. The second-order valence-electron chi connectivity index (χ2n) is 5.94. The molecule has 2 aromatic heterocycles. The molecule has 0 aromatic carbocycles. The van der Waals surface area contributed by atoms with E-state index in [1.807, 2.05) is 0 Å². The van der Waals surface area contributed by atoms with Crippen LogP contribution in [0.3, 0.4) is 0 Å². The number of fused-ring (bicyclic) bond motifs is 3. The molecule has 0 atom stereocenters. The number of aromatic nitrogens is 2. The quantitative estimate of drug-likeness (QED) is 0.361. The van der Waals surface area contributed by atoms with Gasteiger partial charge in [0.1, 0.15) is 17.1 Å². The number of thioether (sulfide) groups is 1. The van der Waals surface area contributed by atoms with E-state index in [0.717, 1.165) is 37.8 Å². The SMILES string of the molecule is CCOC(=O)CNC(=O)c1c(SC)nc2sc3c(n2c1=O)CCCCC3. The van der Waals surface area contributed by atoms with Gasteiger partial charge in [-0.3, -0.25) is 18.8 Å². The van der Waals surface area contributed by atoms with Gasteiger partial charge in [-0.1, -0.05) is 6.42 Å². The van der Waals surface area contributed by atoms with Crippen LogP contribution in [0.5, 0.6) is 0 Å². The van der Waals surface area contributed by atoms with Crippen molar-refractivity contribution in [1.29, 1.82) is 0 Å². The van der Waals surface area contributed by atoms with Gasteiger partial charge in [-0.15, -0.1) is 23.1 Å². The fraction of sp³-hybridized carbons (Fsp3) is 0.529. The minimum Gasteiger partial charge on any atom is -0.465 e. The van der Waals surface area contributed by atoms with Crippen molar-refractivity contribution in [3.63, 3.8) is 0 Å². The number of hydrogen-bond donors (Lipinski definition) is 1. The average Bonchev–Trinajstić information content (AvgIpc) is 2.81. The highest BCUT2D eigenvalue weighted by atomic mass is 32.2. The van der Waals surface area contributed by atoms with Crippen molar-refractivity contribution in [2.24, 2.45) is 0 Å². The Morgan fingerprint density at radius 2 is 2.08 bits per heavy atom. The highest BCUT2D eigenvalue weighted by Crippen LogP contribution is 2.29. The van der Waals surface area contributed by atoms with Crippen molar-refractivity contribution in [3.8, 4) is 0 Å². The third-order valence-corrected chi connectivity index (χ3v) is 6.09. The molecule has 0 bridgehead atoms. The van der Waals surface area contributed by atoms with E-state index >= 15 is 0 Å². The number of thiazole rings is 1. The first-order valence-electron chi connectivity index (χ1n) is 8.62. The number of nitrogens with one attached hydrogen (secondary N) is 1. The second-order valence-corrected chi connectivity index (χ2v) is 7.80. The molecule has 0 fully saturated rings. The molecule has 1 aliphatic rings. The van der Waals surface area contributed by atoms with Crippen LogP contribution in [0.25, 0.3) is 4.96 Å². The lowest BCUT2D eigenvalue weighted by Gasteiger charge is -2.09. The van der Waals surface area contributed by atoms with E-state index in [0.29, 0.717) is 9.99 Å². The molecule has 1 N–H and O–H groups in total. The number of carbonyl (C=O) groups excluding carboxylic acids is 2. The summed E-state index contributed by atoms with van der Waals surface area (Å²) in [6.07, 6.45) is 6.82. The molecule has 1 aliphatic carbocycles. The molecule has 0 unspecified atom stereocenters. The maximum absolute atomic E-state index is 13.1. The highest BCUT2D eigenvalue weighted by Gasteiger charge is 2.24. The van der Waals surface area contributed by atoms with Gasteiger partial charge in [0.05, 0.1) is 6.61 Å². The van der Waals surface area contributed by atoms with Crippen LogP contribution in [-0.4, -0.2) is 40.7 Å². The van der Waals surface area contributed by atoms with Gasteiger partial charge in [0.25, 0.3) is 11.5 Å². The van der Waals surface area contributed by atoms with Crippen LogP contribution in [0.1, 0.15) is 47.1 Å². The summed E-state index contributed by atoms with van der Waals surface area (Å²) in [5, 5.41) is 2.85. The fourth-order valence-corrected chi connectivity index (χ4v) is 4.90. The lowest BCUT2D eigenvalue weighted by atomic mass is 10.2. The number of amides is 1. The van der Waals surface area contributed by atoms with Gasteiger partial charge in [0, 0.05) is 10.6 Å². The standard InChI is InChI=1S/C17H21N3O4S2/c1-3-24-12(21)9-18-14(22)13-15(25-2)19-17-20(16(13)23)10-7-5-4-6-8-11(10)26-17/h3-9H2,1-2H3,(H,18,22). The van der Waals surface area contributed by atoms with Crippen LogP contribution in [0.4, 0.5) is 0 Å². The first kappa shape index (κ1) is 18.9. The van der Waals surface area contributed by atoms with Crippen LogP contribution < -0.4 is 10.9 Å². The third-order valence-electron chi connectivity index (χ3n) is 4.26. The van der Waals surface area contributed by atoms with Crippen molar-refractivity contribution in [3.05, 3.63) is 26.5 Å². The predicted octanol–water partition coefficient (Wildman–Crippen LogP) is 2.04. The summed E-state index contributed by atoms with van der Waals surface area (Å²) in [5.41, 5.74) is 0.608. The minimum absolute atomic E-state index is 0.0101. The molecule has 0 saturated carbocycles. The zero-order valence-electron chi connectivity index (χ0n) is 14.8. The molecule has 0 aliphatic heterocycles. The Labute approximate surface area is 159 Å². The number of rotatable bonds is 5. The number of carbonyl (C=O) groups is 2. The monoisotopic (exact) mass is 395 g/mol. The second kappa shape index (κ2) is 8.22. The van der Waals surface area contributed by atoms with E-state index in [1.165, 1.54) is 28.0 Å². The maximum atomic E-state index is 13.1. The van der Waals surface area contributed by atoms with Gasteiger partial charge in [-0.2, -0.15) is 0 Å². The van der Waals surface area contributed by atoms with Crippen molar-refractivity contribution >= 4 is 39.9 Å². The van der Waals surface area contributed by atoms with E-state index in [-0.39, 0.29) is 24.3 Å². The molecule has 0 spiro atoms. The van der Waals surface area contributed by atoms with E-state index in [2.05, 4.69) is 10.3 Å². The Hall–Kier alpha value is -1.87. The van der Waals surface area contributed by atoms with E-state index in [1.54, 1.807) is 17.6 Å². The molecule has 0 saturated heterocycles. The zero-order chi connectivity index (χ0) is 18.7. The Kier molecular flexibility index (Phi) is 5.98. The van der Waals surface area contributed by atoms with Crippen molar-refractivity contribution in [1.82, 2.24) is 14.7 Å². The molecule has 9 heteroatoms. The molecule has 0 radical (unpaired) electrons. The topological polar surface area (TPSA) is 89.8 Å². The molecular formula is C17H21N3O4S2. The number of nitrogens with zero attached hydrogens (tertiary/aromatic N) is 2. The zero-order valence-corrected chi connectivity index (χ0v) is 16.4. The van der Waals surface area contributed by atoms with Gasteiger partial charge in [0.2, 0.25) is 0 Å². The van der Waals surface area contributed by atoms with Crippen molar-refractivity contribution in [2.75, 3.05) is 19.4 Å². The Morgan fingerprint density at radius 3 is 2.81 bits per heavy atom. The van der Waals surface area contributed by atoms with E-state index in [4.69, 9.17) is 4.74 Å². The number of ether oxygens (including phenoxy) is 1. The number of esters is 1. The van der Waals surface area contributed by atoms with Crippen LogP contribution in [0.15, 0.2) is 9.82 Å². The van der Waals surface area contributed by atoms with Gasteiger partial charge in [-0.05, 0) is 38.9 Å². The number of hydrogen-bond acceptors (Lipinski definition) is 7. The van der Waals surface area contributed by atoms with Crippen LogP contribution in [-0.2, 0) is 22.4 Å². The summed E-state index contributed by atoms with van der Waals surface area (Å²) < 4.78 is 6.39. The van der Waals surface area contributed by atoms with Gasteiger partial charge < -0.3 is 10.1 Å². The lowest BCUT2D eigenvalue weighted by molar-refractivity contribution is -0.141. The molecule has 2 heterocycles. The molecule has 3 rings (SSSR count). The van der Waals surface area contributed by atoms with Gasteiger partial charge in [-0.25, -0.2) is 4.98 Å². The Balaban J connectivity index is 2.02. The Bertz CT molecular complexity index is 904. The normalized spacial score (nSPS) is 13.9. The maximum Gasteiger partial charge on any atom is 0.325 e. The summed E-state index contributed by atoms with van der Waals surface area (Å²) in [6, 6.07) is 0. The molecule has 26 heavy (non-hydrogen) atoms. The van der Waals surface area contributed by atoms with Gasteiger partial charge >= 0.3 is 5.97 Å². The largest absolute Gasteiger partial charge is 0.465 e. The molecular weight excluding hydrogens is 374 g/mol. The van der Waals surface area contributed by atoms with Crippen molar-refractivity contribution < 1.29 is 14.3 Å². The van der Waals surface area contributed by atoms with E-state index in [9.17, 15) is 14.4 Å². The van der Waals surface area contributed by atoms with Crippen LogP contribution >= 0.6 is 23.1 Å². The minimum atomic E-state index is -0.595. The summed E-state index contributed by atoms with van der Waals surface area (Å²) in [7, 11) is 0. The summed E-state index contributed by atoms with van der Waals surface area (Å²) in [5.74, 6) is -1.13. The molecule has 140 valence electrons. The molecule has 1 amide bonds. The first-order valence-corrected chi connectivity index (χ1v) is 10.7. The van der Waals surface area contributed by atoms with Crippen molar-refractivity contribution in [2.45, 2.75) is 44.1 Å². The van der Waals surface area contributed by atoms with Gasteiger partial charge in [0.15, 0.2) is 4.96 Å². The fourth-order valence-electron chi connectivity index (χ4n) is 3.08. The average molecular weight is 396 g/mol. The lowest BCUT2D eigenvalue weighted by Crippen LogP contribution is -2.36.